The van der Waals surface area contributed by atoms with Crippen LogP contribution in [0.5, 0.6) is 0 Å². The van der Waals surface area contributed by atoms with Crippen molar-refractivity contribution >= 4 is 5.82 Å². The zero-order valence-corrected chi connectivity index (χ0v) is 9.69. The van der Waals surface area contributed by atoms with Gasteiger partial charge in [0.15, 0.2) is 0 Å². The molecular weight excluding hydrogens is 202 g/mol. The number of aromatic nitrogens is 2. The van der Waals surface area contributed by atoms with E-state index in [0.717, 1.165) is 12.4 Å². The second-order valence-electron chi connectivity index (χ2n) is 4.31. The third-order valence-corrected chi connectivity index (χ3v) is 2.86. The SMILES string of the molecule is CN1CCCC(Nc2ccnc(CN)n2)C1. The lowest BCUT2D eigenvalue weighted by Gasteiger charge is -2.30. The average Bonchev–Trinajstić information content (AvgIpc) is 2.29. The monoisotopic (exact) mass is 221 g/mol. The van der Waals surface area contributed by atoms with Gasteiger partial charge in [0, 0.05) is 18.8 Å². The lowest BCUT2D eigenvalue weighted by Crippen LogP contribution is -2.39. The summed E-state index contributed by atoms with van der Waals surface area (Å²) in [6, 6.07) is 2.38. The molecule has 88 valence electrons. The Morgan fingerprint density at radius 2 is 2.50 bits per heavy atom. The largest absolute Gasteiger partial charge is 0.366 e. The second kappa shape index (κ2) is 5.23. The highest BCUT2D eigenvalue weighted by molar-refractivity contribution is 5.34. The molecule has 1 aromatic heterocycles. The van der Waals surface area contributed by atoms with Gasteiger partial charge < -0.3 is 16.0 Å². The highest BCUT2D eigenvalue weighted by Crippen LogP contribution is 2.13. The summed E-state index contributed by atoms with van der Waals surface area (Å²) in [6.45, 7) is 2.65. The minimum Gasteiger partial charge on any atom is -0.366 e. The van der Waals surface area contributed by atoms with Crippen molar-refractivity contribution < 1.29 is 0 Å². The molecule has 1 aliphatic rings. The van der Waals surface area contributed by atoms with E-state index in [1.165, 1.54) is 19.4 Å². The maximum atomic E-state index is 5.51. The van der Waals surface area contributed by atoms with E-state index in [9.17, 15) is 0 Å². The number of likely N-dealkylation sites (N-methyl/N-ethyl adjacent to an activating group) is 1. The van der Waals surface area contributed by atoms with Crippen LogP contribution in [0.2, 0.25) is 0 Å². The topological polar surface area (TPSA) is 67.1 Å². The highest BCUT2D eigenvalue weighted by atomic mass is 15.2. The van der Waals surface area contributed by atoms with Crippen molar-refractivity contribution in [3.8, 4) is 0 Å². The van der Waals surface area contributed by atoms with E-state index in [-0.39, 0.29) is 0 Å². The summed E-state index contributed by atoms with van der Waals surface area (Å²) in [5.41, 5.74) is 5.51. The first kappa shape index (κ1) is 11.3. The van der Waals surface area contributed by atoms with Gasteiger partial charge in [-0.1, -0.05) is 0 Å². The van der Waals surface area contributed by atoms with E-state index in [1.807, 2.05) is 6.07 Å². The minimum absolute atomic E-state index is 0.389. The van der Waals surface area contributed by atoms with Gasteiger partial charge in [-0.2, -0.15) is 0 Å². The van der Waals surface area contributed by atoms with Crippen LogP contribution in [0.1, 0.15) is 18.7 Å². The highest BCUT2D eigenvalue weighted by Gasteiger charge is 2.17. The molecule has 0 radical (unpaired) electrons. The lowest BCUT2D eigenvalue weighted by molar-refractivity contribution is 0.260. The van der Waals surface area contributed by atoms with E-state index in [4.69, 9.17) is 5.73 Å². The number of likely N-dealkylation sites (tertiary alicyclic amines) is 1. The number of hydrogen-bond donors (Lipinski definition) is 2. The Hall–Kier alpha value is -1.20. The molecule has 0 aromatic carbocycles. The van der Waals surface area contributed by atoms with Crippen molar-refractivity contribution in [1.82, 2.24) is 14.9 Å². The van der Waals surface area contributed by atoms with Gasteiger partial charge in [-0.3, -0.25) is 0 Å². The van der Waals surface area contributed by atoms with Crippen LogP contribution in [0.15, 0.2) is 12.3 Å². The van der Waals surface area contributed by atoms with Gasteiger partial charge in [0.2, 0.25) is 0 Å². The predicted molar refractivity (Wildman–Crippen MR) is 64.1 cm³/mol. The number of nitrogens with one attached hydrogen (secondary N) is 1. The Bertz CT molecular complexity index is 341. The minimum atomic E-state index is 0.389. The first-order chi connectivity index (χ1) is 7.78. The molecule has 3 N–H and O–H groups in total. The third-order valence-electron chi connectivity index (χ3n) is 2.86. The second-order valence-corrected chi connectivity index (χ2v) is 4.31. The van der Waals surface area contributed by atoms with Crippen molar-refractivity contribution in [1.29, 1.82) is 0 Å². The number of hydrogen-bond acceptors (Lipinski definition) is 5. The van der Waals surface area contributed by atoms with Gasteiger partial charge in [0.25, 0.3) is 0 Å². The Kier molecular flexibility index (Phi) is 3.69. The molecule has 2 rings (SSSR count). The fourth-order valence-electron chi connectivity index (χ4n) is 2.07. The average molecular weight is 221 g/mol. The summed E-state index contributed by atoms with van der Waals surface area (Å²) in [4.78, 5) is 10.8. The van der Waals surface area contributed by atoms with E-state index in [0.29, 0.717) is 18.4 Å². The van der Waals surface area contributed by atoms with Gasteiger partial charge in [-0.05, 0) is 32.5 Å². The summed E-state index contributed by atoms with van der Waals surface area (Å²) < 4.78 is 0. The molecule has 1 saturated heterocycles. The van der Waals surface area contributed by atoms with Crippen LogP contribution in [-0.4, -0.2) is 41.0 Å². The third kappa shape index (κ3) is 2.90. The van der Waals surface area contributed by atoms with Crippen LogP contribution in [0.25, 0.3) is 0 Å². The molecule has 1 aromatic rings. The van der Waals surface area contributed by atoms with E-state index < -0.39 is 0 Å². The van der Waals surface area contributed by atoms with E-state index >= 15 is 0 Å². The summed E-state index contributed by atoms with van der Waals surface area (Å²) >= 11 is 0. The molecule has 1 aliphatic heterocycles. The van der Waals surface area contributed by atoms with Gasteiger partial charge in [-0.25, -0.2) is 9.97 Å². The molecule has 16 heavy (non-hydrogen) atoms. The van der Waals surface area contributed by atoms with Crippen LogP contribution in [0, 0.1) is 0 Å². The smallest absolute Gasteiger partial charge is 0.144 e. The molecule has 0 spiro atoms. The summed E-state index contributed by atoms with van der Waals surface area (Å²) in [5, 5.41) is 3.44. The first-order valence-corrected chi connectivity index (χ1v) is 5.75. The number of anilines is 1. The van der Waals surface area contributed by atoms with Gasteiger partial charge in [0.1, 0.15) is 11.6 Å². The van der Waals surface area contributed by atoms with Crippen LogP contribution in [0.3, 0.4) is 0 Å². The Labute approximate surface area is 96.1 Å². The zero-order chi connectivity index (χ0) is 11.4. The molecule has 1 atom stereocenters. The molecule has 0 bridgehead atoms. The van der Waals surface area contributed by atoms with Gasteiger partial charge in [-0.15, -0.1) is 0 Å². The number of piperidine rings is 1. The molecule has 0 aliphatic carbocycles. The number of rotatable bonds is 3. The van der Waals surface area contributed by atoms with Gasteiger partial charge >= 0.3 is 0 Å². The number of nitrogens with zero attached hydrogens (tertiary/aromatic N) is 3. The van der Waals surface area contributed by atoms with E-state index in [2.05, 4.69) is 27.2 Å². The molecule has 1 unspecified atom stereocenters. The summed E-state index contributed by atoms with van der Waals surface area (Å²) in [6.07, 6.45) is 4.19. The predicted octanol–water partition coefficient (Wildman–Crippen LogP) is 0.441. The van der Waals surface area contributed by atoms with Crippen molar-refractivity contribution in [2.45, 2.75) is 25.4 Å². The van der Waals surface area contributed by atoms with Crippen LogP contribution < -0.4 is 11.1 Å². The van der Waals surface area contributed by atoms with Crippen molar-refractivity contribution in [2.75, 3.05) is 25.5 Å². The van der Waals surface area contributed by atoms with Crippen molar-refractivity contribution in [3.05, 3.63) is 18.1 Å². The molecule has 0 saturated carbocycles. The molecule has 5 nitrogen and oxygen atoms in total. The Balaban J connectivity index is 1.97. The van der Waals surface area contributed by atoms with Crippen LogP contribution in [-0.2, 0) is 6.54 Å². The summed E-state index contributed by atoms with van der Waals surface area (Å²) in [7, 11) is 2.15. The maximum Gasteiger partial charge on any atom is 0.144 e. The van der Waals surface area contributed by atoms with Crippen molar-refractivity contribution in [3.63, 3.8) is 0 Å². The first-order valence-electron chi connectivity index (χ1n) is 5.75. The molecular formula is C11H19N5. The van der Waals surface area contributed by atoms with Crippen molar-refractivity contribution in [2.24, 2.45) is 5.73 Å². The van der Waals surface area contributed by atoms with Crippen LogP contribution in [0.4, 0.5) is 5.82 Å². The maximum absolute atomic E-state index is 5.51. The molecule has 1 fully saturated rings. The fourth-order valence-corrected chi connectivity index (χ4v) is 2.07. The molecule has 5 heteroatoms. The Morgan fingerprint density at radius 1 is 1.62 bits per heavy atom. The molecule has 0 amide bonds. The molecule has 2 heterocycles. The summed E-state index contributed by atoms with van der Waals surface area (Å²) in [5.74, 6) is 1.57. The number of nitrogens with two attached hydrogens (primary N) is 1. The van der Waals surface area contributed by atoms with E-state index in [1.54, 1.807) is 6.20 Å². The van der Waals surface area contributed by atoms with Crippen LogP contribution >= 0.6 is 0 Å². The quantitative estimate of drug-likeness (QED) is 0.775. The normalized spacial score (nSPS) is 22.0. The fraction of sp³-hybridized carbons (Fsp3) is 0.636. The lowest BCUT2D eigenvalue weighted by atomic mass is 10.1. The zero-order valence-electron chi connectivity index (χ0n) is 9.69. The standard InChI is InChI=1S/C11H19N5/c1-16-6-2-3-9(8-16)14-10-4-5-13-11(7-12)15-10/h4-5,9H,2-3,6-8,12H2,1H3,(H,13,14,15). The van der Waals surface area contributed by atoms with Gasteiger partial charge in [0.05, 0.1) is 6.54 Å². The Morgan fingerprint density at radius 3 is 3.25 bits per heavy atom.